The molecule has 0 fully saturated rings. The molecule has 19 heavy (non-hydrogen) atoms. The van der Waals surface area contributed by atoms with E-state index in [2.05, 4.69) is 16.4 Å². The van der Waals surface area contributed by atoms with Gasteiger partial charge in [0.1, 0.15) is 11.9 Å². The minimum atomic E-state index is -0.337. The van der Waals surface area contributed by atoms with E-state index in [0.717, 1.165) is 11.3 Å². The van der Waals surface area contributed by atoms with Crippen molar-refractivity contribution in [1.29, 1.82) is 5.26 Å². The van der Waals surface area contributed by atoms with Crippen LogP contribution in [0.4, 0.5) is 15.8 Å². The van der Waals surface area contributed by atoms with E-state index in [-0.39, 0.29) is 5.82 Å². The first-order chi connectivity index (χ1) is 9.02. The van der Waals surface area contributed by atoms with E-state index in [4.69, 9.17) is 0 Å². The van der Waals surface area contributed by atoms with E-state index in [1.54, 1.807) is 19.1 Å². The van der Waals surface area contributed by atoms with Gasteiger partial charge in [0.15, 0.2) is 0 Å². The largest absolute Gasteiger partial charge is 0.352 e. The Labute approximate surface area is 111 Å². The Bertz CT molecular complexity index is 652. The zero-order valence-corrected chi connectivity index (χ0v) is 11.1. The summed E-state index contributed by atoms with van der Waals surface area (Å²) in [5.74, 6) is -0.337. The number of rotatable bonds is 2. The van der Waals surface area contributed by atoms with Crippen molar-refractivity contribution in [1.82, 2.24) is 4.98 Å². The van der Waals surface area contributed by atoms with Crippen LogP contribution in [0.5, 0.6) is 0 Å². The van der Waals surface area contributed by atoms with Crippen LogP contribution in [-0.2, 0) is 0 Å². The topological polar surface area (TPSA) is 48.7 Å². The molecular formula is C15H14FN3. The van der Waals surface area contributed by atoms with Crippen LogP contribution in [0, 0.1) is 37.9 Å². The van der Waals surface area contributed by atoms with Gasteiger partial charge < -0.3 is 5.32 Å². The van der Waals surface area contributed by atoms with Gasteiger partial charge in [-0.05, 0) is 38.5 Å². The van der Waals surface area contributed by atoms with Crippen molar-refractivity contribution >= 4 is 11.4 Å². The van der Waals surface area contributed by atoms with Crippen LogP contribution >= 0.6 is 0 Å². The summed E-state index contributed by atoms with van der Waals surface area (Å²) in [4.78, 5) is 4.24. The van der Waals surface area contributed by atoms with E-state index in [1.807, 2.05) is 19.9 Å². The average molecular weight is 255 g/mol. The molecule has 2 aromatic rings. The van der Waals surface area contributed by atoms with E-state index in [1.165, 1.54) is 6.07 Å². The molecule has 0 unspecified atom stereocenters. The Morgan fingerprint density at radius 1 is 1.26 bits per heavy atom. The Hall–Kier alpha value is -2.41. The summed E-state index contributed by atoms with van der Waals surface area (Å²) in [6.45, 7) is 5.43. The molecule has 1 heterocycles. The summed E-state index contributed by atoms with van der Waals surface area (Å²) >= 11 is 0. The van der Waals surface area contributed by atoms with Crippen LogP contribution in [0.2, 0.25) is 0 Å². The Morgan fingerprint density at radius 2 is 2.00 bits per heavy atom. The third-order valence-corrected chi connectivity index (χ3v) is 2.92. The Kier molecular flexibility index (Phi) is 3.48. The van der Waals surface area contributed by atoms with Gasteiger partial charge in [-0.15, -0.1) is 0 Å². The van der Waals surface area contributed by atoms with Crippen LogP contribution in [-0.4, -0.2) is 4.98 Å². The van der Waals surface area contributed by atoms with Gasteiger partial charge >= 0.3 is 0 Å². The zero-order chi connectivity index (χ0) is 14.0. The number of nitriles is 1. The monoisotopic (exact) mass is 255 g/mol. The number of hydrogen-bond acceptors (Lipinski definition) is 3. The Balaban J connectivity index is 2.53. The van der Waals surface area contributed by atoms with Crippen LogP contribution in [0.25, 0.3) is 0 Å². The van der Waals surface area contributed by atoms with Crippen LogP contribution in [0.1, 0.15) is 22.5 Å². The van der Waals surface area contributed by atoms with Crippen molar-refractivity contribution in [3.8, 4) is 6.07 Å². The van der Waals surface area contributed by atoms with Crippen molar-refractivity contribution < 1.29 is 4.39 Å². The number of benzene rings is 1. The van der Waals surface area contributed by atoms with Crippen molar-refractivity contribution in [2.24, 2.45) is 0 Å². The lowest BCUT2D eigenvalue weighted by molar-refractivity contribution is 0.631. The number of aromatic nitrogens is 1. The maximum Gasteiger partial charge on any atom is 0.146 e. The molecular weight excluding hydrogens is 241 g/mol. The molecule has 0 amide bonds. The van der Waals surface area contributed by atoms with Crippen molar-refractivity contribution in [2.45, 2.75) is 20.8 Å². The number of halogens is 1. The maximum atomic E-state index is 13.8. The maximum absolute atomic E-state index is 13.8. The van der Waals surface area contributed by atoms with Gasteiger partial charge in [0.2, 0.25) is 0 Å². The van der Waals surface area contributed by atoms with Gasteiger partial charge in [-0.2, -0.15) is 5.26 Å². The highest BCUT2D eigenvalue weighted by Gasteiger charge is 2.11. The van der Waals surface area contributed by atoms with E-state index >= 15 is 0 Å². The summed E-state index contributed by atoms with van der Waals surface area (Å²) in [7, 11) is 0. The molecule has 1 aromatic heterocycles. The lowest BCUT2D eigenvalue weighted by atomic mass is 10.1. The van der Waals surface area contributed by atoms with Gasteiger partial charge in [-0.25, -0.2) is 4.39 Å². The van der Waals surface area contributed by atoms with Crippen molar-refractivity contribution in [2.75, 3.05) is 5.32 Å². The third-order valence-electron chi connectivity index (χ3n) is 2.92. The highest BCUT2D eigenvalue weighted by molar-refractivity contribution is 5.70. The first-order valence-electron chi connectivity index (χ1n) is 5.93. The quantitative estimate of drug-likeness (QED) is 0.888. The first kappa shape index (κ1) is 13.0. The minimum Gasteiger partial charge on any atom is -0.352 e. The van der Waals surface area contributed by atoms with Crippen molar-refractivity contribution in [3.63, 3.8) is 0 Å². The van der Waals surface area contributed by atoms with E-state index in [9.17, 15) is 9.65 Å². The molecule has 0 saturated carbocycles. The SMILES string of the molecule is Cc1cc(Nc2c(C)cccc2F)c(C#N)c(C)n1. The molecule has 0 aliphatic rings. The van der Waals surface area contributed by atoms with Crippen molar-refractivity contribution in [3.05, 3.63) is 52.6 Å². The predicted octanol–water partition coefficient (Wildman–Crippen LogP) is 3.76. The molecule has 0 spiro atoms. The molecule has 0 atom stereocenters. The van der Waals surface area contributed by atoms with Crippen LogP contribution in [0.3, 0.4) is 0 Å². The van der Waals surface area contributed by atoms with Crippen LogP contribution < -0.4 is 5.32 Å². The highest BCUT2D eigenvalue weighted by atomic mass is 19.1. The molecule has 4 heteroatoms. The molecule has 3 nitrogen and oxygen atoms in total. The molecule has 1 aromatic carbocycles. The molecule has 0 saturated heterocycles. The summed E-state index contributed by atoms with van der Waals surface area (Å²) in [6, 6.07) is 8.72. The fourth-order valence-corrected chi connectivity index (χ4v) is 1.99. The molecule has 2 rings (SSSR count). The lowest BCUT2D eigenvalue weighted by Crippen LogP contribution is -2.02. The standard InChI is InChI=1S/C15H14FN3/c1-9-5-4-6-13(16)15(9)19-14-7-10(2)18-11(3)12(14)8-17/h4-7H,1-3H3,(H,18,19). The van der Waals surface area contributed by atoms with Gasteiger partial charge in [-0.1, -0.05) is 12.1 Å². The summed E-state index contributed by atoms with van der Waals surface area (Å²) in [5, 5.41) is 12.2. The van der Waals surface area contributed by atoms with E-state index in [0.29, 0.717) is 22.6 Å². The average Bonchev–Trinajstić information content (AvgIpc) is 2.33. The number of nitrogens with one attached hydrogen (secondary N) is 1. The second-order valence-electron chi connectivity index (χ2n) is 4.44. The number of hydrogen-bond donors (Lipinski definition) is 1. The van der Waals surface area contributed by atoms with Crippen LogP contribution in [0.15, 0.2) is 24.3 Å². The molecule has 1 N–H and O–H groups in total. The summed E-state index contributed by atoms with van der Waals surface area (Å²) in [6.07, 6.45) is 0. The Morgan fingerprint density at radius 3 is 2.63 bits per heavy atom. The normalized spacial score (nSPS) is 10.1. The minimum absolute atomic E-state index is 0.337. The zero-order valence-electron chi connectivity index (χ0n) is 11.1. The fourth-order valence-electron chi connectivity index (χ4n) is 1.99. The first-order valence-corrected chi connectivity index (χ1v) is 5.93. The fraction of sp³-hybridized carbons (Fsp3) is 0.200. The molecule has 0 aliphatic heterocycles. The molecule has 96 valence electrons. The van der Waals surface area contributed by atoms with Gasteiger partial charge in [-0.3, -0.25) is 4.98 Å². The number of aryl methyl sites for hydroxylation is 3. The highest BCUT2D eigenvalue weighted by Crippen LogP contribution is 2.27. The van der Waals surface area contributed by atoms with Gasteiger partial charge in [0, 0.05) is 5.69 Å². The smallest absolute Gasteiger partial charge is 0.146 e. The second kappa shape index (κ2) is 5.07. The van der Waals surface area contributed by atoms with Gasteiger partial charge in [0.05, 0.1) is 22.6 Å². The lowest BCUT2D eigenvalue weighted by Gasteiger charge is -2.13. The third kappa shape index (κ3) is 2.55. The number of para-hydroxylation sites is 1. The molecule has 0 radical (unpaired) electrons. The molecule has 0 bridgehead atoms. The number of anilines is 2. The number of pyridine rings is 1. The summed E-state index contributed by atoms with van der Waals surface area (Å²) < 4.78 is 13.8. The second-order valence-corrected chi connectivity index (χ2v) is 4.44. The van der Waals surface area contributed by atoms with Gasteiger partial charge in [0.25, 0.3) is 0 Å². The summed E-state index contributed by atoms with van der Waals surface area (Å²) in [5.41, 5.74) is 3.63. The molecule has 0 aliphatic carbocycles. The van der Waals surface area contributed by atoms with E-state index < -0.39 is 0 Å². The number of nitrogens with zero attached hydrogens (tertiary/aromatic N) is 2. The predicted molar refractivity (Wildman–Crippen MR) is 72.8 cm³/mol.